The van der Waals surface area contributed by atoms with Gasteiger partial charge in [0.15, 0.2) is 11.6 Å². The van der Waals surface area contributed by atoms with Crippen LogP contribution in [0.2, 0.25) is 0 Å². The second-order valence-corrected chi connectivity index (χ2v) is 10.4. The Labute approximate surface area is 178 Å². The Morgan fingerprint density at radius 1 is 1.03 bits per heavy atom. The number of hydrogen-bond donors (Lipinski definition) is 0. The van der Waals surface area contributed by atoms with Gasteiger partial charge in [-0.15, -0.1) is 0 Å². The molecule has 0 radical (unpaired) electrons. The predicted molar refractivity (Wildman–Crippen MR) is 115 cm³/mol. The van der Waals surface area contributed by atoms with E-state index in [9.17, 15) is 12.8 Å². The normalized spacial score (nSPS) is 23.1. The van der Waals surface area contributed by atoms with Crippen LogP contribution in [0.4, 0.5) is 4.39 Å². The Morgan fingerprint density at radius 3 is 2.47 bits per heavy atom. The molecule has 1 unspecified atom stereocenters. The van der Waals surface area contributed by atoms with E-state index in [4.69, 9.17) is 4.74 Å². The SMILES string of the molecule is COc1ccc(CN2CCCC23CCCN(S(=O)(=O)Cc2ccccc2)C3)cc1F. The molecule has 0 saturated carbocycles. The van der Waals surface area contributed by atoms with Gasteiger partial charge < -0.3 is 4.74 Å². The van der Waals surface area contributed by atoms with Crippen LogP contribution in [-0.4, -0.2) is 49.9 Å². The molecular formula is C23H29FN2O3S. The summed E-state index contributed by atoms with van der Waals surface area (Å²) in [6.07, 6.45) is 3.83. The minimum absolute atomic E-state index is 0.0353. The van der Waals surface area contributed by atoms with Crippen molar-refractivity contribution in [1.29, 1.82) is 0 Å². The summed E-state index contributed by atoms with van der Waals surface area (Å²) in [5.74, 6) is -0.0853. The van der Waals surface area contributed by atoms with E-state index in [-0.39, 0.29) is 22.9 Å². The molecule has 7 heteroatoms. The van der Waals surface area contributed by atoms with E-state index in [0.717, 1.165) is 43.4 Å². The molecule has 1 spiro atoms. The van der Waals surface area contributed by atoms with E-state index in [0.29, 0.717) is 19.6 Å². The molecule has 162 valence electrons. The first-order valence-corrected chi connectivity index (χ1v) is 12.1. The third-order valence-electron chi connectivity index (χ3n) is 6.44. The van der Waals surface area contributed by atoms with Crippen LogP contribution in [0.1, 0.15) is 36.8 Å². The number of likely N-dealkylation sites (tertiary alicyclic amines) is 1. The van der Waals surface area contributed by atoms with Gasteiger partial charge in [0.2, 0.25) is 10.0 Å². The Hall–Kier alpha value is -1.96. The van der Waals surface area contributed by atoms with Crippen LogP contribution in [0, 0.1) is 5.82 Å². The van der Waals surface area contributed by atoms with Crippen LogP contribution in [0.25, 0.3) is 0 Å². The van der Waals surface area contributed by atoms with E-state index in [1.165, 1.54) is 13.2 Å². The number of rotatable bonds is 6. The van der Waals surface area contributed by atoms with Gasteiger partial charge in [0, 0.05) is 25.2 Å². The van der Waals surface area contributed by atoms with Crippen LogP contribution in [0.3, 0.4) is 0 Å². The third kappa shape index (κ3) is 4.38. The maximum atomic E-state index is 14.2. The first-order chi connectivity index (χ1) is 14.4. The van der Waals surface area contributed by atoms with Gasteiger partial charge in [-0.05, 0) is 55.5 Å². The summed E-state index contributed by atoms with van der Waals surface area (Å²) < 4.78 is 47.1. The van der Waals surface area contributed by atoms with Crippen molar-refractivity contribution in [3.63, 3.8) is 0 Å². The number of nitrogens with zero attached hydrogens (tertiary/aromatic N) is 2. The van der Waals surface area contributed by atoms with Crippen LogP contribution in [-0.2, 0) is 22.3 Å². The largest absolute Gasteiger partial charge is 0.494 e. The number of methoxy groups -OCH3 is 1. The lowest BCUT2D eigenvalue weighted by Crippen LogP contribution is -2.56. The fourth-order valence-electron chi connectivity index (χ4n) is 4.92. The summed E-state index contributed by atoms with van der Waals surface area (Å²) in [5, 5.41) is 0. The van der Waals surface area contributed by atoms with Gasteiger partial charge in [-0.1, -0.05) is 36.4 Å². The molecule has 0 aliphatic carbocycles. The highest BCUT2D eigenvalue weighted by molar-refractivity contribution is 7.88. The minimum Gasteiger partial charge on any atom is -0.494 e. The molecule has 0 amide bonds. The van der Waals surface area contributed by atoms with Gasteiger partial charge in [0.05, 0.1) is 12.9 Å². The van der Waals surface area contributed by atoms with E-state index >= 15 is 0 Å². The van der Waals surface area contributed by atoms with Crippen molar-refractivity contribution in [2.24, 2.45) is 0 Å². The summed E-state index contributed by atoms with van der Waals surface area (Å²) >= 11 is 0. The van der Waals surface area contributed by atoms with Crippen molar-refractivity contribution in [3.05, 3.63) is 65.5 Å². The highest BCUT2D eigenvalue weighted by Gasteiger charge is 2.46. The number of hydrogen-bond acceptors (Lipinski definition) is 4. The number of halogens is 1. The topological polar surface area (TPSA) is 49.9 Å². The quantitative estimate of drug-likeness (QED) is 0.697. The average molecular weight is 433 g/mol. The highest BCUT2D eigenvalue weighted by atomic mass is 32.2. The average Bonchev–Trinajstić information content (AvgIpc) is 3.10. The standard InChI is InChI=1S/C23H29FN2O3S/c1-29-22-10-9-20(15-21(22)24)16-25-13-5-11-23(25)12-6-14-26(18-23)30(27,28)17-19-7-3-2-4-8-19/h2-4,7-10,15H,5-6,11-14,16-18H2,1H3. The molecular weight excluding hydrogens is 403 g/mol. The van der Waals surface area contributed by atoms with E-state index < -0.39 is 10.0 Å². The molecule has 0 N–H and O–H groups in total. The fourth-order valence-corrected chi connectivity index (χ4v) is 6.56. The molecule has 2 saturated heterocycles. The second-order valence-electron chi connectivity index (χ2n) is 8.40. The molecule has 2 fully saturated rings. The van der Waals surface area contributed by atoms with Gasteiger partial charge in [0.1, 0.15) is 0 Å². The Kier molecular flexibility index (Phi) is 6.14. The van der Waals surface area contributed by atoms with Crippen molar-refractivity contribution < 1.29 is 17.5 Å². The molecule has 0 aromatic heterocycles. The lowest BCUT2D eigenvalue weighted by atomic mass is 9.87. The smallest absolute Gasteiger partial charge is 0.218 e. The summed E-state index contributed by atoms with van der Waals surface area (Å²) in [7, 11) is -1.92. The second kappa shape index (κ2) is 8.65. The highest BCUT2D eigenvalue weighted by Crippen LogP contribution is 2.39. The summed E-state index contributed by atoms with van der Waals surface area (Å²) in [6.45, 7) is 2.61. The van der Waals surface area contributed by atoms with Gasteiger partial charge in [-0.25, -0.2) is 12.8 Å². The van der Waals surface area contributed by atoms with Crippen molar-refractivity contribution in [3.8, 4) is 5.75 Å². The Balaban J connectivity index is 1.50. The molecule has 30 heavy (non-hydrogen) atoms. The van der Waals surface area contributed by atoms with Gasteiger partial charge in [-0.3, -0.25) is 4.90 Å². The van der Waals surface area contributed by atoms with Gasteiger partial charge in [0.25, 0.3) is 0 Å². The molecule has 2 aromatic rings. The van der Waals surface area contributed by atoms with E-state index in [1.54, 1.807) is 10.4 Å². The zero-order valence-electron chi connectivity index (χ0n) is 17.4. The molecule has 2 aromatic carbocycles. The molecule has 2 aliphatic rings. The number of sulfonamides is 1. The number of ether oxygens (including phenoxy) is 1. The molecule has 1 atom stereocenters. The molecule has 2 aliphatic heterocycles. The van der Waals surface area contributed by atoms with Crippen LogP contribution >= 0.6 is 0 Å². The van der Waals surface area contributed by atoms with Crippen molar-refractivity contribution in [1.82, 2.24) is 9.21 Å². The van der Waals surface area contributed by atoms with Crippen LogP contribution in [0.5, 0.6) is 5.75 Å². The van der Waals surface area contributed by atoms with Gasteiger partial charge in [-0.2, -0.15) is 4.31 Å². The first-order valence-electron chi connectivity index (χ1n) is 10.5. The van der Waals surface area contributed by atoms with Crippen LogP contribution in [0.15, 0.2) is 48.5 Å². The summed E-state index contributed by atoms with van der Waals surface area (Å²) in [4.78, 5) is 2.36. The van der Waals surface area contributed by atoms with Crippen molar-refractivity contribution >= 4 is 10.0 Å². The molecule has 0 bridgehead atoms. The maximum absolute atomic E-state index is 14.2. The number of benzene rings is 2. The number of piperidine rings is 1. The maximum Gasteiger partial charge on any atom is 0.218 e. The summed E-state index contributed by atoms with van der Waals surface area (Å²) in [6, 6.07) is 14.4. The van der Waals surface area contributed by atoms with E-state index in [2.05, 4.69) is 4.90 Å². The van der Waals surface area contributed by atoms with Gasteiger partial charge >= 0.3 is 0 Å². The Morgan fingerprint density at radius 2 is 1.77 bits per heavy atom. The van der Waals surface area contributed by atoms with E-state index in [1.807, 2.05) is 36.4 Å². The zero-order chi connectivity index (χ0) is 21.2. The van der Waals surface area contributed by atoms with Crippen LogP contribution < -0.4 is 4.74 Å². The lowest BCUT2D eigenvalue weighted by molar-refractivity contribution is 0.0678. The third-order valence-corrected chi connectivity index (χ3v) is 8.23. The molecule has 2 heterocycles. The minimum atomic E-state index is -3.38. The van der Waals surface area contributed by atoms with Crippen molar-refractivity contribution in [2.75, 3.05) is 26.7 Å². The first kappa shape index (κ1) is 21.3. The Bertz CT molecular complexity index is 983. The fraction of sp³-hybridized carbons (Fsp3) is 0.478. The monoisotopic (exact) mass is 432 g/mol. The molecule has 5 nitrogen and oxygen atoms in total. The predicted octanol–water partition coefficient (Wildman–Crippen LogP) is 3.79. The van der Waals surface area contributed by atoms with Crippen molar-refractivity contribution in [2.45, 2.75) is 43.5 Å². The zero-order valence-corrected chi connectivity index (χ0v) is 18.2. The molecule has 4 rings (SSSR count). The lowest BCUT2D eigenvalue weighted by Gasteiger charge is -2.45. The summed E-state index contributed by atoms with van der Waals surface area (Å²) in [5.41, 5.74) is 1.53.